The monoisotopic (exact) mass is 124 g/mol. The molecule has 0 unspecified atom stereocenters. The molecular formula is C6H6NO2. The SMILES string of the molecule is O=[C]N1CCCC1=C=O. The van der Waals surface area contributed by atoms with Gasteiger partial charge in [0.1, 0.15) is 11.6 Å². The maximum atomic E-state index is 9.99. The highest BCUT2D eigenvalue weighted by Gasteiger charge is 2.16. The smallest absolute Gasteiger partial charge is 0.298 e. The Labute approximate surface area is 53.0 Å². The Bertz CT molecular complexity index is 170. The molecule has 3 nitrogen and oxygen atoms in total. The fourth-order valence-corrected chi connectivity index (χ4v) is 0.881. The molecule has 0 aliphatic carbocycles. The third-order valence-electron chi connectivity index (χ3n) is 1.35. The summed E-state index contributed by atoms with van der Waals surface area (Å²) in [4.78, 5) is 21.2. The number of hydrogen-bond acceptors (Lipinski definition) is 2. The van der Waals surface area contributed by atoms with Crippen LogP contribution in [0.3, 0.4) is 0 Å². The van der Waals surface area contributed by atoms with Crippen molar-refractivity contribution < 1.29 is 9.59 Å². The van der Waals surface area contributed by atoms with E-state index in [1.165, 1.54) is 4.90 Å². The van der Waals surface area contributed by atoms with E-state index in [1.54, 1.807) is 12.4 Å². The Morgan fingerprint density at radius 3 is 2.67 bits per heavy atom. The standard InChI is InChI=1S/C6H6NO2/c8-4-6-2-1-3-7(6)5-9/h1-3H2. The molecule has 1 radical (unpaired) electrons. The lowest BCUT2D eigenvalue weighted by atomic mass is 10.3. The highest BCUT2D eigenvalue weighted by molar-refractivity contribution is 5.62. The summed E-state index contributed by atoms with van der Waals surface area (Å²) in [6.45, 7) is 0.619. The predicted octanol–water partition coefficient (Wildman–Crippen LogP) is -0.135. The molecule has 0 aromatic heterocycles. The van der Waals surface area contributed by atoms with Crippen LogP contribution in [0.15, 0.2) is 5.70 Å². The summed E-state index contributed by atoms with van der Waals surface area (Å²) in [5, 5.41) is 0. The van der Waals surface area contributed by atoms with Gasteiger partial charge in [0, 0.05) is 13.0 Å². The molecule has 0 aromatic carbocycles. The van der Waals surface area contributed by atoms with Crippen LogP contribution in [0.4, 0.5) is 0 Å². The number of carbonyl (C=O) groups excluding carboxylic acids is 2. The van der Waals surface area contributed by atoms with E-state index in [2.05, 4.69) is 0 Å². The zero-order chi connectivity index (χ0) is 6.69. The van der Waals surface area contributed by atoms with E-state index in [9.17, 15) is 9.59 Å². The van der Waals surface area contributed by atoms with Gasteiger partial charge in [0.2, 0.25) is 0 Å². The fraction of sp³-hybridized carbons (Fsp3) is 0.500. The van der Waals surface area contributed by atoms with E-state index in [4.69, 9.17) is 0 Å². The molecule has 1 saturated heterocycles. The summed E-state index contributed by atoms with van der Waals surface area (Å²) < 4.78 is 0. The first-order valence-corrected chi connectivity index (χ1v) is 2.78. The van der Waals surface area contributed by atoms with Crippen LogP contribution in [0.2, 0.25) is 0 Å². The molecule has 0 bridgehead atoms. The number of likely N-dealkylation sites (tertiary alicyclic amines) is 1. The zero-order valence-electron chi connectivity index (χ0n) is 4.89. The average molecular weight is 124 g/mol. The fourth-order valence-electron chi connectivity index (χ4n) is 0.881. The van der Waals surface area contributed by atoms with Crippen LogP contribution < -0.4 is 0 Å². The molecule has 0 saturated carbocycles. The first kappa shape index (κ1) is 6.05. The summed E-state index contributed by atoms with van der Waals surface area (Å²) in [5.74, 6) is 1.69. The van der Waals surface area contributed by atoms with E-state index in [1.807, 2.05) is 0 Å². The van der Waals surface area contributed by atoms with Gasteiger partial charge in [-0.1, -0.05) is 0 Å². The molecule has 1 aliphatic heterocycles. The Morgan fingerprint density at radius 1 is 1.44 bits per heavy atom. The molecule has 0 atom stereocenters. The van der Waals surface area contributed by atoms with Gasteiger partial charge in [0.05, 0.1) is 0 Å². The van der Waals surface area contributed by atoms with Gasteiger partial charge in [-0.2, -0.15) is 0 Å². The van der Waals surface area contributed by atoms with Crippen LogP contribution in [0.1, 0.15) is 12.8 Å². The van der Waals surface area contributed by atoms with Gasteiger partial charge < -0.3 is 0 Å². The number of allylic oxidation sites excluding steroid dienone is 1. The normalized spacial score (nSPS) is 17.8. The molecule has 0 spiro atoms. The van der Waals surface area contributed by atoms with E-state index in [0.29, 0.717) is 18.7 Å². The summed E-state index contributed by atoms with van der Waals surface area (Å²) in [7, 11) is 0. The van der Waals surface area contributed by atoms with Gasteiger partial charge in [-0.25, -0.2) is 4.79 Å². The largest absolute Gasteiger partial charge is 0.317 e. The van der Waals surface area contributed by atoms with Crippen LogP contribution in [0.25, 0.3) is 0 Å². The quantitative estimate of drug-likeness (QED) is 0.456. The van der Waals surface area contributed by atoms with Crippen LogP contribution in [0.5, 0.6) is 0 Å². The van der Waals surface area contributed by atoms with Gasteiger partial charge in [-0.15, -0.1) is 0 Å². The lowest BCUT2D eigenvalue weighted by Gasteiger charge is -2.02. The second-order valence-corrected chi connectivity index (χ2v) is 1.90. The van der Waals surface area contributed by atoms with Crippen molar-refractivity contribution in [3.05, 3.63) is 5.70 Å². The summed E-state index contributed by atoms with van der Waals surface area (Å²) in [5.41, 5.74) is 0.435. The van der Waals surface area contributed by atoms with Gasteiger partial charge >= 0.3 is 6.41 Å². The maximum Gasteiger partial charge on any atom is 0.317 e. The lowest BCUT2D eigenvalue weighted by Crippen LogP contribution is -2.14. The zero-order valence-corrected chi connectivity index (χ0v) is 4.89. The average Bonchev–Trinajstić information content (AvgIpc) is 2.33. The molecule has 1 heterocycles. The second-order valence-electron chi connectivity index (χ2n) is 1.90. The van der Waals surface area contributed by atoms with Crippen molar-refractivity contribution >= 4 is 12.4 Å². The summed E-state index contributed by atoms with van der Waals surface area (Å²) >= 11 is 0. The third kappa shape index (κ3) is 1.00. The number of hydrogen-bond donors (Lipinski definition) is 0. The van der Waals surface area contributed by atoms with E-state index < -0.39 is 0 Å². The van der Waals surface area contributed by atoms with Crippen LogP contribution in [-0.4, -0.2) is 23.8 Å². The minimum absolute atomic E-state index is 0.435. The highest BCUT2D eigenvalue weighted by Crippen LogP contribution is 2.14. The molecule has 1 aliphatic rings. The third-order valence-corrected chi connectivity index (χ3v) is 1.35. The minimum atomic E-state index is 0.435. The van der Waals surface area contributed by atoms with Crippen LogP contribution in [-0.2, 0) is 9.59 Å². The predicted molar refractivity (Wildman–Crippen MR) is 30.8 cm³/mol. The first-order valence-electron chi connectivity index (χ1n) is 2.78. The molecule has 1 amide bonds. The Balaban J connectivity index is 2.73. The van der Waals surface area contributed by atoms with Gasteiger partial charge in [0.15, 0.2) is 0 Å². The molecule has 47 valence electrons. The summed E-state index contributed by atoms with van der Waals surface area (Å²) in [6, 6.07) is 0. The van der Waals surface area contributed by atoms with Gasteiger partial charge in [0.25, 0.3) is 0 Å². The van der Waals surface area contributed by atoms with Crippen molar-refractivity contribution in [2.75, 3.05) is 6.54 Å². The Morgan fingerprint density at radius 2 is 2.22 bits per heavy atom. The second kappa shape index (κ2) is 2.46. The van der Waals surface area contributed by atoms with Crippen molar-refractivity contribution in [3.8, 4) is 0 Å². The Hall–Kier alpha value is -1.08. The molecule has 9 heavy (non-hydrogen) atoms. The maximum absolute atomic E-state index is 9.99. The van der Waals surface area contributed by atoms with Crippen molar-refractivity contribution in [2.24, 2.45) is 0 Å². The summed E-state index contributed by atoms with van der Waals surface area (Å²) in [6.07, 6.45) is 3.18. The van der Waals surface area contributed by atoms with Crippen molar-refractivity contribution in [2.45, 2.75) is 12.8 Å². The molecule has 3 heteroatoms. The van der Waals surface area contributed by atoms with Crippen LogP contribution >= 0.6 is 0 Å². The van der Waals surface area contributed by atoms with Crippen molar-refractivity contribution in [1.82, 2.24) is 4.90 Å². The van der Waals surface area contributed by atoms with Gasteiger partial charge in [-0.3, -0.25) is 9.69 Å². The molecule has 0 N–H and O–H groups in total. The number of nitrogens with zero attached hydrogens (tertiary/aromatic N) is 1. The molecule has 0 aromatic rings. The lowest BCUT2D eigenvalue weighted by molar-refractivity contribution is 0.471. The molecule has 1 fully saturated rings. The topological polar surface area (TPSA) is 37.4 Å². The molecule has 1 rings (SSSR count). The van der Waals surface area contributed by atoms with Gasteiger partial charge in [-0.05, 0) is 6.42 Å². The Kier molecular flexibility index (Phi) is 1.66. The highest BCUT2D eigenvalue weighted by atomic mass is 16.1. The van der Waals surface area contributed by atoms with E-state index in [-0.39, 0.29) is 0 Å². The minimum Gasteiger partial charge on any atom is -0.298 e. The van der Waals surface area contributed by atoms with Crippen molar-refractivity contribution in [3.63, 3.8) is 0 Å². The number of amides is 1. The van der Waals surface area contributed by atoms with Crippen molar-refractivity contribution in [1.29, 1.82) is 0 Å². The number of rotatable bonds is 1. The first-order chi connectivity index (χ1) is 4.38. The van der Waals surface area contributed by atoms with E-state index in [0.717, 1.165) is 6.42 Å². The van der Waals surface area contributed by atoms with Crippen LogP contribution in [0, 0.1) is 0 Å². The van der Waals surface area contributed by atoms with E-state index >= 15 is 0 Å². The molecular weight excluding hydrogens is 118 g/mol.